The second-order valence-electron chi connectivity index (χ2n) is 6.65. The summed E-state index contributed by atoms with van der Waals surface area (Å²) in [6.45, 7) is 10.1. The van der Waals surface area contributed by atoms with Gasteiger partial charge in [-0.3, -0.25) is 0 Å². The molecule has 1 aliphatic rings. The van der Waals surface area contributed by atoms with Crippen molar-refractivity contribution in [2.45, 2.75) is 46.6 Å². The highest BCUT2D eigenvalue weighted by Crippen LogP contribution is 2.35. The minimum absolute atomic E-state index is 0.162. The third-order valence-electron chi connectivity index (χ3n) is 4.33. The monoisotopic (exact) mass is 291 g/mol. The maximum Gasteiger partial charge on any atom is 0.282 e. The van der Waals surface area contributed by atoms with Gasteiger partial charge in [0.05, 0.1) is 0 Å². The summed E-state index contributed by atoms with van der Waals surface area (Å²) < 4.78 is 27.9. The van der Waals surface area contributed by atoms with Crippen LogP contribution in [0.2, 0.25) is 0 Å². The van der Waals surface area contributed by atoms with Gasteiger partial charge in [-0.15, -0.1) is 0 Å². The quantitative estimate of drug-likeness (QED) is 0.848. The Bertz CT molecular complexity index is 381. The maximum absolute atomic E-state index is 12.4. The minimum Gasteiger partial charge on any atom is -0.329 e. The first kappa shape index (κ1) is 16.9. The molecule has 0 spiro atoms. The van der Waals surface area contributed by atoms with E-state index in [-0.39, 0.29) is 11.5 Å². The van der Waals surface area contributed by atoms with Crippen LogP contribution in [0, 0.1) is 11.3 Å². The molecular formula is C13H29N3O2S. The summed E-state index contributed by atoms with van der Waals surface area (Å²) in [5, 5.41) is 0. The van der Waals surface area contributed by atoms with E-state index >= 15 is 0 Å². The molecule has 0 aliphatic carbocycles. The van der Waals surface area contributed by atoms with Gasteiger partial charge in [-0.1, -0.05) is 20.8 Å². The summed E-state index contributed by atoms with van der Waals surface area (Å²) in [4.78, 5) is 0. The molecule has 1 atom stereocenters. The average Bonchev–Trinajstić information content (AvgIpc) is 2.36. The van der Waals surface area contributed by atoms with E-state index in [4.69, 9.17) is 5.73 Å². The molecule has 1 rings (SSSR count). The van der Waals surface area contributed by atoms with Gasteiger partial charge in [0.15, 0.2) is 0 Å². The molecular weight excluding hydrogens is 262 g/mol. The van der Waals surface area contributed by atoms with Crippen LogP contribution < -0.4 is 5.73 Å². The summed E-state index contributed by atoms with van der Waals surface area (Å²) in [5.74, 6) is 0.594. The van der Waals surface area contributed by atoms with Gasteiger partial charge >= 0.3 is 0 Å². The second kappa shape index (κ2) is 6.08. The van der Waals surface area contributed by atoms with E-state index in [0.29, 0.717) is 25.6 Å². The van der Waals surface area contributed by atoms with Gasteiger partial charge < -0.3 is 5.73 Å². The molecule has 0 saturated carbocycles. The van der Waals surface area contributed by atoms with Gasteiger partial charge in [-0.05, 0) is 31.1 Å². The molecule has 2 N–H and O–H groups in total. The Labute approximate surface area is 118 Å². The zero-order chi connectivity index (χ0) is 14.8. The third-order valence-corrected chi connectivity index (χ3v) is 6.44. The molecule has 19 heavy (non-hydrogen) atoms. The summed E-state index contributed by atoms with van der Waals surface area (Å²) in [5.41, 5.74) is 5.81. The van der Waals surface area contributed by atoms with Crippen molar-refractivity contribution in [2.75, 3.05) is 26.7 Å². The van der Waals surface area contributed by atoms with Crippen LogP contribution in [0.15, 0.2) is 0 Å². The van der Waals surface area contributed by atoms with Crippen molar-refractivity contribution in [1.29, 1.82) is 0 Å². The summed E-state index contributed by atoms with van der Waals surface area (Å²) in [6, 6.07) is -0.162. The maximum atomic E-state index is 12.4. The first-order valence-electron chi connectivity index (χ1n) is 7.04. The molecule has 0 aromatic carbocycles. The van der Waals surface area contributed by atoms with Crippen LogP contribution >= 0.6 is 0 Å². The Kier molecular flexibility index (Phi) is 5.40. The van der Waals surface area contributed by atoms with Crippen molar-refractivity contribution in [1.82, 2.24) is 8.61 Å². The van der Waals surface area contributed by atoms with Gasteiger partial charge in [-0.2, -0.15) is 17.0 Å². The van der Waals surface area contributed by atoms with Crippen LogP contribution in [0.5, 0.6) is 0 Å². The van der Waals surface area contributed by atoms with E-state index in [2.05, 4.69) is 20.8 Å². The van der Waals surface area contributed by atoms with Gasteiger partial charge in [0, 0.05) is 32.7 Å². The summed E-state index contributed by atoms with van der Waals surface area (Å²) in [7, 11) is -1.74. The number of likely N-dealkylation sites (N-methyl/N-ethyl adjacent to an activating group) is 1. The van der Waals surface area contributed by atoms with Crippen LogP contribution in [-0.2, 0) is 10.2 Å². The first-order valence-corrected chi connectivity index (χ1v) is 8.43. The second-order valence-corrected chi connectivity index (χ2v) is 8.64. The van der Waals surface area contributed by atoms with Gasteiger partial charge in [0.2, 0.25) is 0 Å². The fourth-order valence-corrected chi connectivity index (χ4v) is 4.09. The molecule has 114 valence electrons. The van der Waals surface area contributed by atoms with Gasteiger partial charge in [-0.25, -0.2) is 0 Å². The van der Waals surface area contributed by atoms with E-state index < -0.39 is 10.2 Å². The van der Waals surface area contributed by atoms with Crippen molar-refractivity contribution in [3.8, 4) is 0 Å². The van der Waals surface area contributed by atoms with Crippen molar-refractivity contribution < 1.29 is 8.42 Å². The summed E-state index contributed by atoms with van der Waals surface area (Å²) >= 11 is 0. The van der Waals surface area contributed by atoms with Gasteiger partial charge in [0.25, 0.3) is 10.2 Å². The van der Waals surface area contributed by atoms with Crippen molar-refractivity contribution in [3.05, 3.63) is 0 Å². The van der Waals surface area contributed by atoms with Crippen molar-refractivity contribution in [2.24, 2.45) is 17.1 Å². The molecule has 0 aromatic heterocycles. The standard InChI is InChI=1S/C13H29N3O2S/c1-11(10-14)15(5)19(17,18)16-8-6-12(7-9-16)13(2,3)4/h11-12H,6-10,14H2,1-5H3/t11-/m1/s1. The topological polar surface area (TPSA) is 66.6 Å². The van der Waals surface area contributed by atoms with Gasteiger partial charge in [0.1, 0.15) is 0 Å². The Morgan fingerprint density at radius 2 is 1.79 bits per heavy atom. The molecule has 0 amide bonds. The molecule has 0 aromatic rings. The number of hydrogen-bond donors (Lipinski definition) is 1. The van der Waals surface area contributed by atoms with E-state index in [1.165, 1.54) is 4.31 Å². The number of hydrogen-bond acceptors (Lipinski definition) is 3. The lowest BCUT2D eigenvalue weighted by Crippen LogP contribution is -2.50. The predicted molar refractivity (Wildman–Crippen MR) is 79.0 cm³/mol. The minimum atomic E-state index is -3.36. The summed E-state index contributed by atoms with van der Waals surface area (Å²) in [6.07, 6.45) is 1.88. The first-order chi connectivity index (χ1) is 8.60. The Morgan fingerprint density at radius 3 is 2.16 bits per heavy atom. The zero-order valence-corrected chi connectivity index (χ0v) is 13.7. The molecule has 0 bridgehead atoms. The lowest BCUT2D eigenvalue weighted by atomic mass is 9.76. The number of nitrogens with two attached hydrogens (primary N) is 1. The fraction of sp³-hybridized carbons (Fsp3) is 1.00. The highest BCUT2D eigenvalue weighted by atomic mass is 32.2. The number of rotatable bonds is 4. The Morgan fingerprint density at radius 1 is 1.32 bits per heavy atom. The SMILES string of the molecule is C[C@H](CN)N(C)S(=O)(=O)N1CCC(C(C)(C)C)CC1. The van der Waals surface area contributed by atoms with Crippen LogP contribution in [0.1, 0.15) is 40.5 Å². The van der Waals surface area contributed by atoms with E-state index in [1.807, 2.05) is 6.92 Å². The number of nitrogens with zero attached hydrogens (tertiary/aromatic N) is 2. The highest BCUT2D eigenvalue weighted by molar-refractivity contribution is 7.86. The Balaban J connectivity index is 2.69. The molecule has 1 saturated heterocycles. The van der Waals surface area contributed by atoms with Crippen LogP contribution in [0.25, 0.3) is 0 Å². The van der Waals surface area contributed by atoms with Crippen LogP contribution in [-0.4, -0.2) is 49.8 Å². The van der Waals surface area contributed by atoms with Crippen LogP contribution in [0.3, 0.4) is 0 Å². The third kappa shape index (κ3) is 3.90. The molecule has 6 heteroatoms. The molecule has 0 radical (unpaired) electrons. The largest absolute Gasteiger partial charge is 0.329 e. The van der Waals surface area contributed by atoms with Crippen molar-refractivity contribution >= 4 is 10.2 Å². The normalized spacial score (nSPS) is 21.8. The van der Waals surface area contributed by atoms with E-state index in [9.17, 15) is 8.42 Å². The molecule has 0 unspecified atom stereocenters. The number of piperidine rings is 1. The fourth-order valence-electron chi connectivity index (χ4n) is 2.51. The smallest absolute Gasteiger partial charge is 0.282 e. The van der Waals surface area contributed by atoms with E-state index in [1.54, 1.807) is 11.4 Å². The zero-order valence-electron chi connectivity index (χ0n) is 12.9. The van der Waals surface area contributed by atoms with Crippen molar-refractivity contribution in [3.63, 3.8) is 0 Å². The highest BCUT2D eigenvalue weighted by Gasteiger charge is 2.35. The van der Waals surface area contributed by atoms with E-state index in [0.717, 1.165) is 12.8 Å². The lowest BCUT2D eigenvalue weighted by molar-refractivity contribution is 0.149. The molecule has 5 nitrogen and oxygen atoms in total. The predicted octanol–water partition coefficient (Wildman–Crippen LogP) is 1.27. The Hall–Kier alpha value is -0.170. The molecule has 1 heterocycles. The molecule has 1 fully saturated rings. The average molecular weight is 291 g/mol. The lowest BCUT2D eigenvalue weighted by Gasteiger charge is -2.39. The molecule has 1 aliphatic heterocycles. The van der Waals surface area contributed by atoms with Crippen LogP contribution in [0.4, 0.5) is 0 Å².